The summed E-state index contributed by atoms with van der Waals surface area (Å²) in [7, 11) is 1.87. The lowest BCUT2D eigenvalue weighted by Crippen LogP contribution is -2.00. The zero-order valence-corrected chi connectivity index (χ0v) is 16.0. The molecule has 126 valence electrons. The lowest BCUT2D eigenvalue weighted by molar-refractivity contribution is 0.768. The second kappa shape index (κ2) is 9.29. The molecule has 0 aliphatic carbocycles. The van der Waals surface area contributed by atoms with Crippen molar-refractivity contribution in [1.29, 1.82) is 0 Å². The van der Waals surface area contributed by atoms with Gasteiger partial charge in [-0.15, -0.1) is 0 Å². The third kappa shape index (κ3) is 4.54. The first-order valence-corrected chi connectivity index (χ1v) is 8.64. The number of aromatic nitrogens is 5. The van der Waals surface area contributed by atoms with Gasteiger partial charge in [-0.2, -0.15) is 14.7 Å². The average Bonchev–Trinajstić information content (AvgIpc) is 3.19. The normalized spacial score (nSPS) is 9.83. The lowest BCUT2D eigenvalue weighted by Gasteiger charge is -2.00. The van der Waals surface area contributed by atoms with Crippen molar-refractivity contribution in [1.82, 2.24) is 24.4 Å². The fraction of sp³-hybridized carbons (Fsp3) is 0.438. The van der Waals surface area contributed by atoms with E-state index in [9.17, 15) is 0 Å². The number of anilines is 1. The Morgan fingerprint density at radius 3 is 2.26 bits per heavy atom. The van der Waals surface area contributed by atoms with Crippen molar-refractivity contribution in [3.63, 3.8) is 0 Å². The quantitative estimate of drug-likeness (QED) is 0.718. The minimum Gasteiger partial charge on any atom is -0.383 e. The molecule has 0 bridgehead atoms. The molecule has 0 spiro atoms. The Balaban J connectivity index is 0.000000388. The van der Waals surface area contributed by atoms with E-state index in [0.29, 0.717) is 5.82 Å². The molecule has 0 radical (unpaired) electrons. The third-order valence-corrected chi connectivity index (χ3v) is 3.64. The van der Waals surface area contributed by atoms with Crippen molar-refractivity contribution in [2.75, 3.05) is 5.73 Å². The van der Waals surface area contributed by atoms with E-state index in [1.54, 1.807) is 27.8 Å². The molecule has 0 amide bonds. The van der Waals surface area contributed by atoms with Crippen molar-refractivity contribution in [3.8, 4) is 11.1 Å². The lowest BCUT2D eigenvalue weighted by atomic mass is 10.2. The zero-order chi connectivity index (χ0) is 17.4. The van der Waals surface area contributed by atoms with Crippen molar-refractivity contribution in [3.05, 3.63) is 29.3 Å². The van der Waals surface area contributed by atoms with Gasteiger partial charge in [0.25, 0.3) is 0 Å². The van der Waals surface area contributed by atoms with E-state index in [4.69, 9.17) is 5.73 Å². The van der Waals surface area contributed by atoms with E-state index in [-0.39, 0.29) is 0 Å². The van der Waals surface area contributed by atoms with Crippen molar-refractivity contribution >= 4 is 27.4 Å². The molecule has 2 N–H and O–H groups in total. The van der Waals surface area contributed by atoms with Gasteiger partial charge in [0.15, 0.2) is 5.65 Å². The molecule has 0 aromatic carbocycles. The summed E-state index contributed by atoms with van der Waals surface area (Å²) in [6, 6.07) is 0. The number of nitrogens with two attached hydrogens (primary N) is 1. The van der Waals surface area contributed by atoms with E-state index in [1.807, 2.05) is 27.1 Å². The number of halogens is 1. The number of unbranched alkanes of at least 4 members (excludes halogenated alkanes) is 1. The van der Waals surface area contributed by atoms with Crippen LogP contribution >= 0.6 is 15.9 Å². The molecule has 23 heavy (non-hydrogen) atoms. The van der Waals surface area contributed by atoms with Gasteiger partial charge in [0, 0.05) is 30.6 Å². The van der Waals surface area contributed by atoms with Crippen LogP contribution < -0.4 is 5.73 Å². The average molecular weight is 381 g/mol. The summed E-state index contributed by atoms with van der Waals surface area (Å²) >= 11 is 3.32. The molecule has 0 unspecified atom stereocenters. The number of aryl methyl sites for hydroxylation is 1. The molecule has 0 aliphatic rings. The molecule has 3 rings (SSSR count). The van der Waals surface area contributed by atoms with Gasteiger partial charge in [-0.1, -0.05) is 40.5 Å². The Bertz CT molecular complexity index is 729. The second-order valence-corrected chi connectivity index (χ2v) is 5.54. The molecule has 3 aromatic rings. The predicted molar refractivity (Wildman–Crippen MR) is 99.2 cm³/mol. The molecule has 3 aromatic heterocycles. The third-order valence-electron chi connectivity index (χ3n) is 3.03. The van der Waals surface area contributed by atoms with Crippen LogP contribution in [0.25, 0.3) is 16.8 Å². The van der Waals surface area contributed by atoms with Gasteiger partial charge >= 0.3 is 0 Å². The molecular weight excluding hydrogens is 356 g/mol. The zero-order valence-electron chi connectivity index (χ0n) is 14.4. The van der Waals surface area contributed by atoms with Crippen LogP contribution in [-0.4, -0.2) is 24.4 Å². The van der Waals surface area contributed by atoms with Crippen LogP contribution in [0.15, 0.2) is 29.3 Å². The number of hydrogen-bond acceptors (Lipinski definition) is 4. The van der Waals surface area contributed by atoms with Crippen LogP contribution in [0.2, 0.25) is 0 Å². The first-order valence-electron chi connectivity index (χ1n) is 7.85. The smallest absolute Gasteiger partial charge is 0.165 e. The highest BCUT2D eigenvalue weighted by molar-refractivity contribution is 9.10. The first-order chi connectivity index (χ1) is 11.1. The summed E-state index contributed by atoms with van der Waals surface area (Å²) in [4.78, 5) is 4.32. The number of fused-ring (bicyclic) bond motifs is 1. The summed E-state index contributed by atoms with van der Waals surface area (Å²) in [6.45, 7) is 8.36. The van der Waals surface area contributed by atoms with E-state index < -0.39 is 0 Å². The monoisotopic (exact) mass is 380 g/mol. The SMILES string of the molecule is CC.CCCC.Cn1cc(-c2cnn3c(N)c(Br)cnc23)cn1. The van der Waals surface area contributed by atoms with E-state index in [1.165, 1.54) is 12.8 Å². The summed E-state index contributed by atoms with van der Waals surface area (Å²) in [5.74, 6) is 0.533. The Morgan fingerprint density at radius 2 is 1.74 bits per heavy atom. The predicted octanol–water partition coefficient (Wildman–Crippen LogP) is 4.31. The minimum atomic E-state index is 0.533. The Labute approximate surface area is 145 Å². The molecule has 6 nitrogen and oxygen atoms in total. The van der Waals surface area contributed by atoms with Gasteiger partial charge in [-0.3, -0.25) is 4.68 Å². The van der Waals surface area contributed by atoms with Crippen LogP contribution in [0.3, 0.4) is 0 Å². The number of hydrogen-bond donors (Lipinski definition) is 1. The van der Waals surface area contributed by atoms with Crippen LogP contribution in [-0.2, 0) is 7.05 Å². The van der Waals surface area contributed by atoms with Crippen LogP contribution in [0.1, 0.15) is 40.5 Å². The summed E-state index contributed by atoms with van der Waals surface area (Å²) in [5.41, 5.74) is 8.51. The Morgan fingerprint density at radius 1 is 1.09 bits per heavy atom. The van der Waals surface area contributed by atoms with Gasteiger partial charge < -0.3 is 5.73 Å². The number of nitrogen functional groups attached to an aromatic ring is 1. The summed E-state index contributed by atoms with van der Waals surface area (Å²) < 4.78 is 4.07. The van der Waals surface area contributed by atoms with Crippen molar-refractivity contribution < 1.29 is 0 Å². The first kappa shape index (κ1) is 19.2. The van der Waals surface area contributed by atoms with Gasteiger partial charge in [-0.25, -0.2) is 4.98 Å². The Hall–Kier alpha value is -1.89. The molecule has 0 fully saturated rings. The van der Waals surface area contributed by atoms with Crippen LogP contribution in [0, 0.1) is 0 Å². The van der Waals surface area contributed by atoms with E-state index >= 15 is 0 Å². The minimum absolute atomic E-state index is 0.533. The van der Waals surface area contributed by atoms with Crippen LogP contribution in [0.5, 0.6) is 0 Å². The van der Waals surface area contributed by atoms with E-state index in [2.05, 4.69) is 45.0 Å². The van der Waals surface area contributed by atoms with Crippen molar-refractivity contribution in [2.45, 2.75) is 40.5 Å². The number of nitrogens with zero attached hydrogens (tertiary/aromatic N) is 5. The maximum Gasteiger partial charge on any atom is 0.165 e. The molecular formula is C16H25BrN6. The van der Waals surface area contributed by atoms with Gasteiger partial charge in [0.1, 0.15) is 5.82 Å². The molecule has 0 atom stereocenters. The van der Waals surface area contributed by atoms with Crippen molar-refractivity contribution in [2.24, 2.45) is 7.05 Å². The highest BCUT2D eigenvalue weighted by Gasteiger charge is 2.12. The summed E-state index contributed by atoms with van der Waals surface area (Å²) in [5, 5.41) is 8.36. The molecule has 3 heterocycles. The fourth-order valence-electron chi connectivity index (χ4n) is 1.69. The number of rotatable bonds is 2. The molecule has 0 aliphatic heterocycles. The molecule has 0 saturated carbocycles. The van der Waals surface area contributed by atoms with Gasteiger partial charge in [0.2, 0.25) is 0 Å². The Kier molecular flexibility index (Phi) is 7.74. The standard InChI is InChI=1S/C10H9BrN6.C4H10.C2H6/c1-16-5-6(2-14-16)7-3-15-17-9(12)8(11)4-13-10(7)17;1-3-4-2;1-2/h2-5H,12H2,1H3;3-4H2,1-2H3;1-2H3. The van der Waals surface area contributed by atoms with Crippen LogP contribution in [0.4, 0.5) is 5.82 Å². The molecule has 0 saturated heterocycles. The maximum atomic E-state index is 5.91. The topological polar surface area (TPSA) is 74.0 Å². The summed E-state index contributed by atoms with van der Waals surface area (Å²) in [6.07, 6.45) is 9.74. The van der Waals surface area contributed by atoms with Gasteiger partial charge in [0.05, 0.1) is 16.9 Å². The van der Waals surface area contributed by atoms with E-state index in [0.717, 1.165) is 21.2 Å². The fourth-order valence-corrected chi connectivity index (χ4v) is 1.96. The molecule has 7 heteroatoms. The largest absolute Gasteiger partial charge is 0.383 e. The van der Waals surface area contributed by atoms with Gasteiger partial charge in [-0.05, 0) is 15.9 Å². The second-order valence-electron chi connectivity index (χ2n) is 4.69. The highest BCUT2D eigenvalue weighted by atomic mass is 79.9. The maximum absolute atomic E-state index is 5.91. The highest BCUT2D eigenvalue weighted by Crippen LogP contribution is 2.26.